The molecule has 0 bridgehead atoms. The molecule has 23 heavy (non-hydrogen) atoms. The summed E-state index contributed by atoms with van der Waals surface area (Å²) < 4.78 is 26.3. The third-order valence-corrected chi connectivity index (χ3v) is 4.44. The van der Waals surface area contributed by atoms with E-state index in [1.807, 2.05) is 18.2 Å². The first kappa shape index (κ1) is 17.9. The molecule has 1 aliphatic heterocycles. The van der Waals surface area contributed by atoms with Gasteiger partial charge in [0.2, 0.25) is 0 Å². The molecule has 3 rings (SSSR count). The predicted molar refractivity (Wildman–Crippen MR) is 90.6 cm³/mol. The molecular weight excluding hydrogens is 318 g/mol. The van der Waals surface area contributed by atoms with E-state index >= 15 is 0 Å². The highest BCUT2D eigenvalue weighted by Gasteiger charge is 2.32. The van der Waals surface area contributed by atoms with Crippen molar-refractivity contribution in [2.24, 2.45) is 11.7 Å². The van der Waals surface area contributed by atoms with Crippen LogP contribution in [0.5, 0.6) is 0 Å². The smallest absolute Gasteiger partial charge is 0.159 e. The van der Waals surface area contributed by atoms with E-state index in [9.17, 15) is 8.78 Å². The molecular formula is C18H21ClF2N2. The van der Waals surface area contributed by atoms with Gasteiger partial charge in [0.25, 0.3) is 0 Å². The zero-order valence-corrected chi connectivity index (χ0v) is 13.6. The second-order valence-electron chi connectivity index (χ2n) is 5.96. The van der Waals surface area contributed by atoms with Gasteiger partial charge in [-0.05, 0) is 35.7 Å². The molecule has 2 aromatic rings. The lowest BCUT2D eigenvalue weighted by Crippen LogP contribution is -2.23. The topological polar surface area (TPSA) is 29.3 Å². The quantitative estimate of drug-likeness (QED) is 0.923. The summed E-state index contributed by atoms with van der Waals surface area (Å²) in [5.74, 6) is -0.789. The molecule has 0 radical (unpaired) electrons. The third kappa shape index (κ3) is 4.08. The zero-order chi connectivity index (χ0) is 15.5. The van der Waals surface area contributed by atoms with Crippen molar-refractivity contribution in [2.45, 2.75) is 12.5 Å². The Morgan fingerprint density at radius 1 is 1.00 bits per heavy atom. The van der Waals surface area contributed by atoms with Crippen molar-refractivity contribution in [3.05, 3.63) is 71.3 Å². The van der Waals surface area contributed by atoms with E-state index in [0.29, 0.717) is 24.9 Å². The highest BCUT2D eigenvalue weighted by molar-refractivity contribution is 5.85. The van der Waals surface area contributed by atoms with E-state index in [4.69, 9.17) is 5.73 Å². The first-order valence-electron chi connectivity index (χ1n) is 7.58. The fourth-order valence-electron chi connectivity index (χ4n) is 3.30. The van der Waals surface area contributed by atoms with Crippen molar-refractivity contribution in [1.82, 2.24) is 4.90 Å². The molecule has 2 aromatic carbocycles. The average Bonchev–Trinajstić information content (AvgIpc) is 2.95. The maximum absolute atomic E-state index is 13.3. The third-order valence-electron chi connectivity index (χ3n) is 4.44. The van der Waals surface area contributed by atoms with Crippen LogP contribution in [-0.2, 0) is 6.54 Å². The number of benzene rings is 2. The molecule has 0 unspecified atom stereocenters. The van der Waals surface area contributed by atoms with Crippen molar-refractivity contribution in [3.63, 3.8) is 0 Å². The summed E-state index contributed by atoms with van der Waals surface area (Å²) in [6.45, 7) is 3.03. The number of hydrogen-bond donors (Lipinski definition) is 1. The molecule has 124 valence electrons. The van der Waals surface area contributed by atoms with Gasteiger partial charge in [-0.1, -0.05) is 36.4 Å². The van der Waals surface area contributed by atoms with Crippen LogP contribution in [0.25, 0.3) is 0 Å². The molecule has 1 fully saturated rings. The van der Waals surface area contributed by atoms with E-state index in [0.717, 1.165) is 18.7 Å². The number of nitrogens with zero attached hydrogens (tertiary/aromatic N) is 1. The van der Waals surface area contributed by atoms with Crippen LogP contribution < -0.4 is 5.73 Å². The second kappa shape index (κ2) is 7.86. The van der Waals surface area contributed by atoms with E-state index in [1.165, 1.54) is 17.7 Å². The van der Waals surface area contributed by atoms with Crippen molar-refractivity contribution in [3.8, 4) is 0 Å². The van der Waals surface area contributed by atoms with Gasteiger partial charge in [-0.3, -0.25) is 4.90 Å². The Bertz CT molecular complexity index is 636. The molecule has 2 N–H and O–H groups in total. The Kier molecular flexibility index (Phi) is 6.10. The van der Waals surface area contributed by atoms with E-state index < -0.39 is 11.6 Å². The maximum atomic E-state index is 13.3. The molecule has 5 heteroatoms. The Morgan fingerprint density at radius 2 is 1.74 bits per heavy atom. The minimum Gasteiger partial charge on any atom is -0.330 e. The summed E-state index contributed by atoms with van der Waals surface area (Å²) in [4.78, 5) is 2.27. The van der Waals surface area contributed by atoms with Gasteiger partial charge in [-0.15, -0.1) is 12.4 Å². The maximum Gasteiger partial charge on any atom is 0.159 e. The minimum absolute atomic E-state index is 0. The molecule has 1 heterocycles. The van der Waals surface area contributed by atoms with Gasteiger partial charge in [0.05, 0.1) is 0 Å². The molecule has 1 aliphatic rings. The van der Waals surface area contributed by atoms with Gasteiger partial charge >= 0.3 is 0 Å². The van der Waals surface area contributed by atoms with Crippen LogP contribution in [0.1, 0.15) is 17.0 Å². The van der Waals surface area contributed by atoms with E-state index in [-0.39, 0.29) is 12.4 Å². The van der Waals surface area contributed by atoms with Crippen LogP contribution in [0.4, 0.5) is 8.78 Å². The number of rotatable bonds is 4. The number of likely N-dealkylation sites (tertiary alicyclic amines) is 1. The number of hydrogen-bond acceptors (Lipinski definition) is 2. The Labute approximate surface area is 141 Å². The van der Waals surface area contributed by atoms with E-state index in [2.05, 4.69) is 17.0 Å². The average molecular weight is 339 g/mol. The summed E-state index contributed by atoms with van der Waals surface area (Å²) in [7, 11) is 0. The largest absolute Gasteiger partial charge is 0.330 e. The van der Waals surface area contributed by atoms with Crippen LogP contribution in [-0.4, -0.2) is 24.5 Å². The molecule has 0 spiro atoms. The summed E-state index contributed by atoms with van der Waals surface area (Å²) >= 11 is 0. The van der Waals surface area contributed by atoms with Gasteiger partial charge in [-0.25, -0.2) is 8.78 Å². The lowest BCUT2D eigenvalue weighted by molar-refractivity contribution is 0.316. The number of halogens is 3. The van der Waals surface area contributed by atoms with Crippen molar-refractivity contribution >= 4 is 12.4 Å². The first-order chi connectivity index (χ1) is 10.7. The SMILES string of the molecule is Cl.NC[C@@H]1CN(Cc2ccc(F)c(F)c2)C[C@H]1c1ccccc1. The lowest BCUT2D eigenvalue weighted by atomic mass is 9.89. The summed E-state index contributed by atoms with van der Waals surface area (Å²) in [5, 5.41) is 0. The number of nitrogens with two attached hydrogens (primary N) is 1. The van der Waals surface area contributed by atoms with Gasteiger partial charge < -0.3 is 5.73 Å². The summed E-state index contributed by atoms with van der Waals surface area (Å²) in [6, 6.07) is 14.5. The molecule has 2 atom stereocenters. The molecule has 2 nitrogen and oxygen atoms in total. The van der Waals surface area contributed by atoms with Crippen LogP contribution >= 0.6 is 12.4 Å². The Morgan fingerprint density at radius 3 is 2.39 bits per heavy atom. The molecule has 0 aliphatic carbocycles. The van der Waals surface area contributed by atoms with E-state index in [1.54, 1.807) is 6.07 Å². The Hall–Kier alpha value is -1.49. The van der Waals surface area contributed by atoms with Crippen molar-refractivity contribution < 1.29 is 8.78 Å². The fourth-order valence-corrected chi connectivity index (χ4v) is 3.30. The zero-order valence-electron chi connectivity index (χ0n) is 12.8. The summed E-state index contributed by atoms with van der Waals surface area (Å²) in [6.07, 6.45) is 0. The summed E-state index contributed by atoms with van der Waals surface area (Å²) in [5.41, 5.74) is 8.02. The van der Waals surface area contributed by atoms with Crippen LogP contribution in [0, 0.1) is 17.6 Å². The standard InChI is InChI=1S/C18H20F2N2.ClH/c19-17-7-6-13(8-18(17)20)10-22-11-15(9-21)16(12-22)14-4-2-1-3-5-14;/h1-8,15-16H,9-12,21H2;1H/t15-,16+;/m1./s1. The van der Waals surface area contributed by atoms with Crippen LogP contribution in [0.2, 0.25) is 0 Å². The first-order valence-corrected chi connectivity index (χ1v) is 7.58. The minimum atomic E-state index is -0.799. The van der Waals surface area contributed by atoms with Crippen molar-refractivity contribution in [2.75, 3.05) is 19.6 Å². The van der Waals surface area contributed by atoms with Crippen LogP contribution in [0.15, 0.2) is 48.5 Å². The van der Waals surface area contributed by atoms with Gasteiger partial charge in [-0.2, -0.15) is 0 Å². The normalized spacial score (nSPS) is 21.2. The van der Waals surface area contributed by atoms with Crippen molar-refractivity contribution in [1.29, 1.82) is 0 Å². The Balaban J connectivity index is 0.00000192. The second-order valence-corrected chi connectivity index (χ2v) is 5.96. The molecule has 1 saturated heterocycles. The monoisotopic (exact) mass is 338 g/mol. The van der Waals surface area contributed by atoms with Crippen LogP contribution in [0.3, 0.4) is 0 Å². The lowest BCUT2D eigenvalue weighted by Gasteiger charge is -2.17. The molecule has 0 amide bonds. The molecule has 0 aromatic heterocycles. The predicted octanol–water partition coefficient (Wildman–Crippen LogP) is 3.56. The van der Waals surface area contributed by atoms with Gasteiger partial charge in [0.15, 0.2) is 11.6 Å². The highest BCUT2D eigenvalue weighted by atomic mass is 35.5. The van der Waals surface area contributed by atoms with Gasteiger partial charge in [0, 0.05) is 25.6 Å². The van der Waals surface area contributed by atoms with Gasteiger partial charge in [0.1, 0.15) is 0 Å². The fraction of sp³-hybridized carbons (Fsp3) is 0.333. The molecule has 0 saturated carbocycles. The highest BCUT2D eigenvalue weighted by Crippen LogP contribution is 2.32.